The van der Waals surface area contributed by atoms with Gasteiger partial charge >= 0.3 is 6.03 Å². The maximum absolute atomic E-state index is 11.4. The minimum Gasteiger partial charge on any atom is -0.403 e. The number of nitrogens with zero attached hydrogens (tertiary/aromatic N) is 4. The van der Waals surface area contributed by atoms with E-state index in [1.165, 1.54) is 29.7 Å². The third-order valence-electron chi connectivity index (χ3n) is 3.85. The Hall–Kier alpha value is -3.54. The van der Waals surface area contributed by atoms with Crippen LogP contribution in [0.4, 0.5) is 4.79 Å². The van der Waals surface area contributed by atoms with Gasteiger partial charge in [0.15, 0.2) is 0 Å². The largest absolute Gasteiger partial charge is 0.403 e. The normalized spacial score (nSPS) is 14.9. The Morgan fingerprint density at radius 1 is 1.06 bits per heavy atom. The van der Waals surface area contributed by atoms with Gasteiger partial charge in [0.2, 0.25) is 30.7 Å². The zero-order valence-corrected chi connectivity index (χ0v) is 16.7. The van der Waals surface area contributed by atoms with Crippen LogP contribution in [-0.4, -0.2) is 61.4 Å². The van der Waals surface area contributed by atoms with Gasteiger partial charge in [-0.05, 0) is 25.7 Å². The fraction of sp³-hybridized carbons (Fsp3) is 0.684. The van der Waals surface area contributed by atoms with E-state index < -0.39 is 6.03 Å². The summed E-state index contributed by atoms with van der Waals surface area (Å²) in [6.07, 6.45) is 11.0. The summed E-state index contributed by atoms with van der Waals surface area (Å²) in [5.74, 6) is 0.0579. The lowest BCUT2D eigenvalue weighted by molar-refractivity contribution is -0.127. The van der Waals surface area contributed by atoms with Gasteiger partial charge in [0.05, 0.1) is 0 Å². The summed E-state index contributed by atoms with van der Waals surface area (Å²) in [5.41, 5.74) is 0. The zero-order valence-electron chi connectivity index (χ0n) is 16.7. The SMILES string of the molecule is C.N#COCN=C=O.O=C1CCCCCN1.O=C=NCNC(=O)N1CCCCCC1=O. The summed E-state index contributed by atoms with van der Waals surface area (Å²) in [7, 11) is 0. The molecule has 2 fully saturated rings. The highest BCUT2D eigenvalue weighted by Crippen LogP contribution is 2.10. The van der Waals surface area contributed by atoms with E-state index in [0.717, 1.165) is 45.1 Å². The van der Waals surface area contributed by atoms with Gasteiger partial charge in [0.25, 0.3) is 6.26 Å². The Balaban J connectivity index is 0. The number of ether oxygens (including phenoxy) is 1. The second-order valence-corrected chi connectivity index (χ2v) is 6.02. The maximum Gasteiger partial charge on any atom is 0.325 e. The Kier molecular flexibility index (Phi) is 20.3. The van der Waals surface area contributed by atoms with Crippen molar-refractivity contribution in [3.05, 3.63) is 0 Å². The third-order valence-corrected chi connectivity index (χ3v) is 3.85. The minimum atomic E-state index is -0.485. The van der Waals surface area contributed by atoms with Crippen LogP contribution in [0.3, 0.4) is 0 Å². The van der Waals surface area contributed by atoms with Crippen molar-refractivity contribution in [2.75, 3.05) is 26.5 Å². The number of carbonyl (C=O) groups is 3. The number of nitrogens with one attached hydrogen (secondary N) is 2. The van der Waals surface area contributed by atoms with Crippen LogP contribution < -0.4 is 10.6 Å². The summed E-state index contributed by atoms with van der Waals surface area (Å²) in [4.78, 5) is 59.7. The van der Waals surface area contributed by atoms with Crippen LogP contribution in [0.1, 0.15) is 58.8 Å². The number of hydrogen-bond donors (Lipinski definition) is 2. The number of urea groups is 1. The highest BCUT2D eigenvalue weighted by atomic mass is 16.5. The van der Waals surface area contributed by atoms with E-state index in [-0.39, 0.29) is 32.6 Å². The monoisotopic (exact) mass is 438 g/mol. The van der Waals surface area contributed by atoms with Crippen molar-refractivity contribution in [2.45, 2.75) is 58.8 Å². The summed E-state index contributed by atoms with van der Waals surface area (Å²) >= 11 is 0. The van der Waals surface area contributed by atoms with Crippen LogP contribution in [-0.2, 0) is 23.9 Å². The third kappa shape index (κ3) is 17.1. The van der Waals surface area contributed by atoms with Gasteiger partial charge in [-0.15, -0.1) is 0 Å². The van der Waals surface area contributed by atoms with E-state index in [1.54, 1.807) is 0 Å². The van der Waals surface area contributed by atoms with E-state index >= 15 is 0 Å². The molecule has 31 heavy (non-hydrogen) atoms. The summed E-state index contributed by atoms with van der Waals surface area (Å²) in [6.45, 7) is 0.973. The first-order valence-electron chi connectivity index (χ1n) is 9.49. The highest BCUT2D eigenvalue weighted by Gasteiger charge is 2.22. The lowest BCUT2D eigenvalue weighted by Crippen LogP contribution is -2.43. The van der Waals surface area contributed by atoms with Crippen molar-refractivity contribution >= 4 is 30.0 Å². The van der Waals surface area contributed by atoms with Gasteiger partial charge in [-0.25, -0.2) is 14.4 Å². The molecule has 0 aromatic heterocycles. The topological polar surface area (TPSA) is 170 Å². The Labute approximate surface area is 181 Å². The molecule has 0 radical (unpaired) electrons. The molecule has 172 valence electrons. The Bertz CT molecular complexity index is 670. The van der Waals surface area contributed by atoms with Crippen LogP contribution in [0, 0.1) is 11.5 Å². The predicted molar refractivity (Wildman–Crippen MR) is 110 cm³/mol. The van der Waals surface area contributed by atoms with Gasteiger partial charge < -0.3 is 15.4 Å². The molecule has 2 aliphatic rings. The first kappa shape index (κ1) is 29.7. The number of hydrogen-bond acceptors (Lipinski definition) is 9. The second-order valence-electron chi connectivity index (χ2n) is 6.02. The Morgan fingerprint density at radius 2 is 1.74 bits per heavy atom. The molecule has 0 unspecified atom stereocenters. The number of amides is 4. The summed E-state index contributed by atoms with van der Waals surface area (Å²) in [5, 5.41) is 12.8. The number of rotatable bonds is 4. The predicted octanol–water partition coefficient (Wildman–Crippen LogP) is 1.48. The van der Waals surface area contributed by atoms with E-state index in [9.17, 15) is 24.0 Å². The van der Waals surface area contributed by atoms with Crippen LogP contribution in [0.2, 0.25) is 0 Å². The number of carbonyl (C=O) groups excluding carboxylic acids is 5. The molecule has 2 saturated heterocycles. The molecule has 2 aliphatic heterocycles. The average Bonchev–Trinajstić information content (AvgIpc) is 3.11. The first-order valence-corrected chi connectivity index (χ1v) is 9.49. The molecule has 12 heteroatoms. The van der Waals surface area contributed by atoms with Crippen LogP contribution in [0.15, 0.2) is 9.98 Å². The molecular formula is C19H30N6O6. The molecule has 0 saturated carbocycles. The van der Waals surface area contributed by atoms with Crippen LogP contribution in [0.5, 0.6) is 0 Å². The molecule has 0 aromatic carbocycles. The van der Waals surface area contributed by atoms with Crippen molar-refractivity contribution in [3.63, 3.8) is 0 Å². The standard InChI is InChI=1S/C9H13N3O3.C6H11NO.C3H2N2O2.CH4/c13-7-10-6-11-9(15)12-5-3-1-2-4-8(12)14;8-6-4-2-1-3-5-7-6;4-1-7-3-5-2-6;/h1-6H2,(H,11,15);1-5H2,(H,7,8);3H2;1H4. The number of isocyanates is 2. The molecule has 12 nitrogen and oxygen atoms in total. The number of likely N-dealkylation sites (tertiary alicyclic amines) is 1. The lowest BCUT2D eigenvalue weighted by Gasteiger charge is -2.17. The number of nitriles is 1. The number of aliphatic imine (C=N–C) groups is 2. The van der Waals surface area contributed by atoms with E-state index in [4.69, 9.17) is 5.26 Å². The van der Waals surface area contributed by atoms with E-state index in [2.05, 4.69) is 25.4 Å². The smallest absolute Gasteiger partial charge is 0.325 e. The van der Waals surface area contributed by atoms with E-state index in [1.807, 2.05) is 0 Å². The van der Waals surface area contributed by atoms with Crippen molar-refractivity contribution in [1.82, 2.24) is 15.5 Å². The van der Waals surface area contributed by atoms with Crippen LogP contribution in [0.25, 0.3) is 0 Å². The van der Waals surface area contributed by atoms with Crippen molar-refractivity contribution in [1.29, 1.82) is 5.26 Å². The fourth-order valence-corrected chi connectivity index (χ4v) is 2.42. The molecular weight excluding hydrogens is 408 g/mol. The minimum absolute atomic E-state index is 0. The fourth-order valence-electron chi connectivity index (χ4n) is 2.42. The van der Waals surface area contributed by atoms with Crippen molar-refractivity contribution in [2.24, 2.45) is 9.98 Å². The van der Waals surface area contributed by atoms with Gasteiger partial charge in [0, 0.05) is 25.9 Å². The second kappa shape index (κ2) is 21.2. The van der Waals surface area contributed by atoms with Crippen LogP contribution >= 0.6 is 0 Å². The molecule has 0 spiro atoms. The lowest BCUT2D eigenvalue weighted by atomic mass is 10.2. The molecule has 0 aromatic rings. The van der Waals surface area contributed by atoms with E-state index in [0.29, 0.717) is 13.0 Å². The van der Waals surface area contributed by atoms with Crippen molar-refractivity contribution < 1.29 is 28.7 Å². The first-order chi connectivity index (χ1) is 14.6. The molecule has 0 aliphatic carbocycles. The zero-order chi connectivity index (χ0) is 22.5. The molecule has 0 bridgehead atoms. The summed E-state index contributed by atoms with van der Waals surface area (Å²) in [6, 6.07) is -0.485. The number of imide groups is 1. The van der Waals surface area contributed by atoms with Crippen molar-refractivity contribution in [3.8, 4) is 6.26 Å². The van der Waals surface area contributed by atoms with Gasteiger partial charge in [-0.3, -0.25) is 14.5 Å². The average molecular weight is 438 g/mol. The quantitative estimate of drug-likeness (QED) is 0.290. The van der Waals surface area contributed by atoms with Gasteiger partial charge in [-0.1, -0.05) is 20.3 Å². The molecule has 0 atom stereocenters. The molecule has 2 heterocycles. The molecule has 2 N–H and O–H groups in total. The van der Waals surface area contributed by atoms with Gasteiger partial charge in [0.1, 0.15) is 6.67 Å². The molecule has 2 rings (SSSR count). The Morgan fingerprint density at radius 3 is 2.42 bits per heavy atom. The molecule has 4 amide bonds. The van der Waals surface area contributed by atoms with Gasteiger partial charge in [-0.2, -0.15) is 15.2 Å². The maximum atomic E-state index is 11.4. The highest BCUT2D eigenvalue weighted by molar-refractivity contribution is 5.94. The summed E-state index contributed by atoms with van der Waals surface area (Å²) < 4.78 is 3.95.